The van der Waals surface area contributed by atoms with Gasteiger partial charge in [-0.3, -0.25) is 0 Å². The van der Waals surface area contributed by atoms with Crippen LogP contribution in [0.5, 0.6) is 5.75 Å². The fraction of sp³-hybridized carbons (Fsp3) is 0.300. The first-order valence-corrected chi connectivity index (χ1v) is 8.36. The van der Waals surface area contributed by atoms with Crippen molar-refractivity contribution in [2.24, 2.45) is 0 Å². The van der Waals surface area contributed by atoms with Gasteiger partial charge < -0.3 is 14.6 Å². The summed E-state index contributed by atoms with van der Waals surface area (Å²) in [6, 6.07) is 13.6. The largest absolute Gasteiger partial charge is 0.497 e. The number of hydrogen-bond acceptors (Lipinski definition) is 2. The molecule has 0 atom stereocenters. The highest BCUT2D eigenvalue weighted by molar-refractivity contribution is 5.85. The second-order valence-electron chi connectivity index (χ2n) is 6.45. The molecule has 4 rings (SSSR count). The Morgan fingerprint density at radius 3 is 2.83 bits per heavy atom. The standard InChI is InChI=1S/C20H21FN2O/c1-24-18-7-8-19-15(11-22-17-5-6-17)13-23(20(19)10-18)12-14-3-2-4-16(21)9-14/h2-4,7-10,13,17,22H,5-6,11-12H2,1H3. The molecule has 1 heterocycles. The van der Waals surface area contributed by atoms with Crippen LogP contribution in [-0.2, 0) is 13.1 Å². The van der Waals surface area contributed by atoms with E-state index in [0.29, 0.717) is 12.6 Å². The van der Waals surface area contributed by atoms with Crippen LogP contribution in [0.15, 0.2) is 48.7 Å². The molecule has 0 aliphatic heterocycles. The van der Waals surface area contributed by atoms with E-state index in [2.05, 4.69) is 28.2 Å². The van der Waals surface area contributed by atoms with Gasteiger partial charge in [0.2, 0.25) is 0 Å². The summed E-state index contributed by atoms with van der Waals surface area (Å²) in [6.07, 6.45) is 4.72. The van der Waals surface area contributed by atoms with Crippen molar-refractivity contribution < 1.29 is 9.13 Å². The van der Waals surface area contributed by atoms with E-state index in [-0.39, 0.29) is 5.82 Å². The van der Waals surface area contributed by atoms with Crippen molar-refractivity contribution in [3.8, 4) is 5.75 Å². The Hall–Kier alpha value is -2.33. The van der Waals surface area contributed by atoms with E-state index < -0.39 is 0 Å². The SMILES string of the molecule is COc1ccc2c(CNC3CC3)cn(Cc3cccc(F)c3)c2c1. The van der Waals surface area contributed by atoms with Crippen LogP contribution < -0.4 is 10.1 Å². The number of ether oxygens (including phenoxy) is 1. The molecule has 1 aromatic heterocycles. The van der Waals surface area contributed by atoms with Crippen molar-refractivity contribution in [3.05, 3.63) is 65.6 Å². The molecule has 124 valence electrons. The van der Waals surface area contributed by atoms with E-state index >= 15 is 0 Å². The van der Waals surface area contributed by atoms with E-state index in [0.717, 1.165) is 23.4 Å². The number of methoxy groups -OCH3 is 1. The fourth-order valence-electron chi connectivity index (χ4n) is 3.12. The molecule has 2 aromatic carbocycles. The molecule has 3 nitrogen and oxygen atoms in total. The average molecular weight is 324 g/mol. The van der Waals surface area contributed by atoms with Crippen molar-refractivity contribution >= 4 is 10.9 Å². The van der Waals surface area contributed by atoms with Crippen LogP contribution in [-0.4, -0.2) is 17.7 Å². The molecule has 0 saturated heterocycles. The molecule has 1 aliphatic rings. The van der Waals surface area contributed by atoms with Gasteiger partial charge in [0.1, 0.15) is 11.6 Å². The molecule has 3 aromatic rings. The zero-order chi connectivity index (χ0) is 16.5. The summed E-state index contributed by atoms with van der Waals surface area (Å²) >= 11 is 0. The van der Waals surface area contributed by atoms with Gasteiger partial charge in [-0.2, -0.15) is 0 Å². The third-order valence-corrected chi connectivity index (χ3v) is 4.57. The Balaban J connectivity index is 1.71. The maximum absolute atomic E-state index is 13.5. The lowest BCUT2D eigenvalue weighted by atomic mass is 10.1. The highest BCUT2D eigenvalue weighted by atomic mass is 19.1. The Morgan fingerprint density at radius 2 is 2.08 bits per heavy atom. The van der Waals surface area contributed by atoms with Crippen molar-refractivity contribution in [2.45, 2.75) is 32.0 Å². The van der Waals surface area contributed by atoms with E-state index in [1.807, 2.05) is 12.1 Å². The number of fused-ring (bicyclic) bond motifs is 1. The Kier molecular flexibility index (Phi) is 3.98. The lowest BCUT2D eigenvalue weighted by Gasteiger charge is -2.07. The van der Waals surface area contributed by atoms with Crippen LogP contribution in [0.25, 0.3) is 10.9 Å². The van der Waals surface area contributed by atoms with Gasteiger partial charge in [0.05, 0.1) is 12.6 Å². The molecule has 24 heavy (non-hydrogen) atoms. The van der Waals surface area contributed by atoms with Gasteiger partial charge >= 0.3 is 0 Å². The molecular weight excluding hydrogens is 303 g/mol. The smallest absolute Gasteiger partial charge is 0.123 e. The molecule has 0 spiro atoms. The Bertz CT molecular complexity index is 867. The molecule has 0 bridgehead atoms. The zero-order valence-electron chi connectivity index (χ0n) is 13.8. The minimum Gasteiger partial charge on any atom is -0.497 e. The van der Waals surface area contributed by atoms with Gasteiger partial charge in [-0.05, 0) is 48.2 Å². The first kappa shape index (κ1) is 15.2. The summed E-state index contributed by atoms with van der Waals surface area (Å²) in [5, 5.41) is 4.80. The van der Waals surface area contributed by atoms with Crippen LogP contribution in [0.1, 0.15) is 24.0 Å². The molecule has 0 amide bonds. The molecule has 4 heteroatoms. The van der Waals surface area contributed by atoms with Crippen molar-refractivity contribution in [3.63, 3.8) is 0 Å². The van der Waals surface area contributed by atoms with Gasteiger partial charge in [0, 0.05) is 36.8 Å². The molecular formula is C20H21FN2O. The van der Waals surface area contributed by atoms with Crippen LogP contribution in [0, 0.1) is 5.82 Å². The average Bonchev–Trinajstić information content (AvgIpc) is 3.36. The summed E-state index contributed by atoms with van der Waals surface area (Å²) in [5.41, 5.74) is 3.35. The number of halogens is 1. The number of benzene rings is 2. The van der Waals surface area contributed by atoms with Crippen molar-refractivity contribution in [1.82, 2.24) is 9.88 Å². The first-order valence-electron chi connectivity index (χ1n) is 8.36. The summed E-state index contributed by atoms with van der Waals surface area (Å²) in [6.45, 7) is 1.51. The monoisotopic (exact) mass is 324 g/mol. The topological polar surface area (TPSA) is 26.2 Å². The number of hydrogen-bond donors (Lipinski definition) is 1. The number of aromatic nitrogens is 1. The molecule has 1 aliphatic carbocycles. The lowest BCUT2D eigenvalue weighted by molar-refractivity contribution is 0.415. The van der Waals surface area contributed by atoms with Crippen LogP contribution in [0.3, 0.4) is 0 Å². The van der Waals surface area contributed by atoms with Crippen molar-refractivity contribution in [1.29, 1.82) is 0 Å². The summed E-state index contributed by atoms with van der Waals surface area (Å²) in [4.78, 5) is 0. The van der Waals surface area contributed by atoms with Crippen LogP contribution in [0.4, 0.5) is 4.39 Å². The molecule has 0 radical (unpaired) electrons. The Labute approximate surface area is 141 Å². The molecule has 1 saturated carbocycles. The van der Waals surface area contributed by atoms with Gasteiger partial charge in [-0.1, -0.05) is 12.1 Å². The quantitative estimate of drug-likeness (QED) is 0.739. The minimum atomic E-state index is -0.197. The lowest BCUT2D eigenvalue weighted by Crippen LogP contribution is -2.14. The van der Waals surface area contributed by atoms with Crippen LogP contribution >= 0.6 is 0 Å². The Morgan fingerprint density at radius 1 is 1.21 bits per heavy atom. The highest BCUT2D eigenvalue weighted by Gasteiger charge is 2.21. The summed E-state index contributed by atoms with van der Waals surface area (Å²) in [7, 11) is 1.68. The van der Waals surface area contributed by atoms with Gasteiger partial charge in [0.25, 0.3) is 0 Å². The first-order chi connectivity index (χ1) is 11.7. The molecule has 0 unspecified atom stereocenters. The highest BCUT2D eigenvalue weighted by Crippen LogP contribution is 2.28. The number of rotatable bonds is 6. The van der Waals surface area contributed by atoms with Gasteiger partial charge in [0.15, 0.2) is 0 Å². The summed E-state index contributed by atoms with van der Waals surface area (Å²) in [5.74, 6) is 0.639. The normalized spacial score (nSPS) is 14.2. The minimum absolute atomic E-state index is 0.197. The maximum Gasteiger partial charge on any atom is 0.123 e. The van der Waals surface area contributed by atoms with E-state index in [1.165, 1.54) is 29.9 Å². The second kappa shape index (κ2) is 6.29. The number of nitrogens with one attached hydrogen (secondary N) is 1. The predicted molar refractivity (Wildman–Crippen MR) is 93.9 cm³/mol. The second-order valence-corrected chi connectivity index (χ2v) is 6.45. The third-order valence-electron chi connectivity index (χ3n) is 4.57. The summed E-state index contributed by atoms with van der Waals surface area (Å²) < 4.78 is 21.0. The van der Waals surface area contributed by atoms with E-state index in [9.17, 15) is 4.39 Å². The predicted octanol–water partition coefficient (Wildman–Crippen LogP) is 4.09. The van der Waals surface area contributed by atoms with Gasteiger partial charge in [-0.25, -0.2) is 4.39 Å². The maximum atomic E-state index is 13.5. The zero-order valence-corrected chi connectivity index (χ0v) is 13.8. The number of nitrogens with zero attached hydrogens (tertiary/aromatic N) is 1. The third kappa shape index (κ3) is 3.15. The van der Waals surface area contributed by atoms with E-state index in [4.69, 9.17) is 4.74 Å². The van der Waals surface area contributed by atoms with E-state index in [1.54, 1.807) is 19.2 Å². The van der Waals surface area contributed by atoms with Crippen LogP contribution in [0.2, 0.25) is 0 Å². The fourth-order valence-corrected chi connectivity index (χ4v) is 3.12. The molecule has 1 N–H and O–H groups in total. The molecule has 1 fully saturated rings. The van der Waals surface area contributed by atoms with Gasteiger partial charge in [-0.15, -0.1) is 0 Å². The van der Waals surface area contributed by atoms with Crippen molar-refractivity contribution in [2.75, 3.05) is 7.11 Å².